The van der Waals surface area contributed by atoms with Crippen LogP contribution in [0.1, 0.15) is 85.0 Å². The zero-order chi connectivity index (χ0) is 24.9. The van der Waals surface area contributed by atoms with E-state index < -0.39 is 7.60 Å². The van der Waals surface area contributed by atoms with Gasteiger partial charge in [0.15, 0.2) is 0 Å². The third-order valence-electron chi connectivity index (χ3n) is 11.0. The molecular weight excluding hydrogens is 453 g/mol. The Bertz CT molecular complexity index is 802. The molecule has 4 saturated carbocycles. The third kappa shape index (κ3) is 5.02. The summed E-state index contributed by atoms with van der Waals surface area (Å²) in [5, 5.41) is 24.3. The number of aliphatic hydroxyl groups excluding tert-OH is 2. The first-order chi connectivity index (χ1) is 15.8. The van der Waals surface area contributed by atoms with Gasteiger partial charge in [0.1, 0.15) is 0 Å². The van der Waals surface area contributed by atoms with Gasteiger partial charge in [-0.15, -0.1) is 0 Å². The van der Waals surface area contributed by atoms with Gasteiger partial charge in [0, 0.05) is 13.0 Å². The maximum absolute atomic E-state index is 12.2. The Kier molecular flexibility index (Phi) is 7.65. The predicted octanol–water partition coefficient (Wildman–Crippen LogP) is 3.69. The lowest BCUT2D eigenvalue weighted by molar-refractivity contribution is -0.174. The molecule has 34 heavy (non-hydrogen) atoms. The molecule has 0 aromatic heterocycles. The summed E-state index contributed by atoms with van der Waals surface area (Å²) >= 11 is 0. The van der Waals surface area contributed by atoms with E-state index in [4.69, 9.17) is 9.79 Å². The fourth-order valence-corrected chi connectivity index (χ4v) is 9.57. The second-order valence-electron chi connectivity index (χ2n) is 12.7. The van der Waals surface area contributed by atoms with Gasteiger partial charge in [0.05, 0.1) is 18.4 Å². The van der Waals surface area contributed by atoms with Crippen molar-refractivity contribution >= 4 is 13.5 Å². The molecule has 3 unspecified atom stereocenters. The number of rotatable bonds is 7. The number of carbonyl (C=O) groups excluding carboxylic acids is 1. The molecule has 0 aromatic carbocycles. The lowest BCUT2D eigenvalue weighted by Gasteiger charge is -2.62. The Hall–Kier alpha value is -0.460. The van der Waals surface area contributed by atoms with Crippen LogP contribution in [0, 0.1) is 46.3 Å². The molecule has 5 N–H and O–H groups in total. The summed E-state index contributed by atoms with van der Waals surface area (Å²) in [6.07, 6.45) is 8.65. The van der Waals surface area contributed by atoms with Crippen LogP contribution in [0.2, 0.25) is 0 Å². The van der Waals surface area contributed by atoms with Crippen molar-refractivity contribution in [2.75, 3.05) is 12.7 Å². The number of hydrogen-bond donors (Lipinski definition) is 5. The number of carbonyl (C=O) groups is 1. The molecule has 7 nitrogen and oxygen atoms in total. The van der Waals surface area contributed by atoms with E-state index >= 15 is 0 Å². The Balaban J connectivity index is 1.38. The van der Waals surface area contributed by atoms with Crippen molar-refractivity contribution in [2.45, 2.75) is 97.2 Å². The Morgan fingerprint density at radius 3 is 2.41 bits per heavy atom. The Morgan fingerprint density at radius 2 is 1.71 bits per heavy atom. The molecular formula is C26H46NO6P. The van der Waals surface area contributed by atoms with Gasteiger partial charge in [-0.2, -0.15) is 0 Å². The van der Waals surface area contributed by atoms with E-state index in [-0.39, 0.29) is 41.7 Å². The molecule has 4 aliphatic carbocycles. The number of amides is 1. The molecule has 0 bridgehead atoms. The van der Waals surface area contributed by atoms with Gasteiger partial charge in [-0.25, -0.2) is 0 Å². The van der Waals surface area contributed by atoms with Crippen molar-refractivity contribution in [1.82, 2.24) is 5.32 Å². The standard InChI is InChI=1S/C26H46NO6P/c1-16(4-7-23(30)27-12-13-34(31,32)33)19-5-6-20-24-21(9-11-26(19,20)3)25(2)10-8-18(28)14-17(25)15-22(24)29/h16-22,24,28-29H,4-15H2,1-3H3,(H,27,30)(H2,31,32,33)/t16-,17?,18-,19-,20+,21+,22?,24?,25+,26-/m1/s1. The molecule has 0 saturated heterocycles. The minimum Gasteiger partial charge on any atom is -0.393 e. The van der Waals surface area contributed by atoms with E-state index in [9.17, 15) is 19.6 Å². The summed E-state index contributed by atoms with van der Waals surface area (Å²) in [4.78, 5) is 30.1. The molecule has 0 heterocycles. The van der Waals surface area contributed by atoms with Crippen molar-refractivity contribution in [3.63, 3.8) is 0 Å². The fraction of sp³-hybridized carbons (Fsp3) is 0.962. The molecule has 10 atom stereocenters. The Morgan fingerprint density at radius 1 is 1.03 bits per heavy atom. The highest BCUT2D eigenvalue weighted by atomic mass is 31.2. The van der Waals surface area contributed by atoms with E-state index in [1.54, 1.807) is 0 Å². The zero-order valence-corrected chi connectivity index (χ0v) is 22.1. The molecule has 4 rings (SSSR count). The molecule has 4 fully saturated rings. The number of hydrogen-bond acceptors (Lipinski definition) is 4. The van der Waals surface area contributed by atoms with Gasteiger partial charge in [0.25, 0.3) is 0 Å². The van der Waals surface area contributed by atoms with Gasteiger partial charge >= 0.3 is 7.60 Å². The SMILES string of the molecule is C[C@H](CCC(=O)NCCP(=O)(O)O)[C@H]1CC[C@H]2C3C(O)CC4C[C@H](O)CC[C@]4(C)[C@H]3CC[C@]12C. The second kappa shape index (κ2) is 9.78. The molecule has 0 aliphatic heterocycles. The molecule has 1 amide bonds. The first-order valence-corrected chi connectivity index (χ1v) is 15.3. The molecule has 8 heteroatoms. The van der Waals surface area contributed by atoms with Crippen LogP contribution in [0.4, 0.5) is 0 Å². The number of fused-ring (bicyclic) bond motifs is 5. The minimum atomic E-state index is -4.08. The van der Waals surface area contributed by atoms with E-state index in [1.165, 1.54) is 6.42 Å². The van der Waals surface area contributed by atoms with Crippen molar-refractivity contribution in [3.8, 4) is 0 Å². The van der Waals surface area contributed by atoms with Gasteiger partial charge in [-0.3, -0.25) is 9.36 Å². The van der Waals surface area contributed by atoms with Crippen LogP contribution >= 0.6 is 7.60 Å². The average Bonchev–Trinajstić information content (AvgIpc) is 3.09. The van der Waals surface area contributed by atoms with Crippen LogP contribution in [0.15, 0.2) is 0 Å². The first-order valence-electron chi connectivity index (χ1n) is 13.5. The molecule has 0 aromatic rings. The summed E-state index contributed by atoms with van der Waals surface area (Å²) in [6.45, 7) is 7.15. The third-order valence-corrected chi connectivity index (χ3v) is 11.8. The summed E-state index contributed by atoms with van der Waals surface area (Å²) < 4.78 is 11.0. The van der Waals surface area contributed by atoms with Crippen LogP contribution in [-0.4, -0.2) is 50.8 Å². The second-order valence-corrected chi connectivity index (χ2v) is 14.5. The topological polar surface area (TPSA) is 127 Å². The highest BCUT2D eigenvalue weighted by Gasteiger charge is 2.62. The van der Waals surface area contributed by atoms with Crippen LogP contribution in [0.5, 0.6) is 0 Å². The van der Waals surface area contributed by atoms with Gasteiger partial charge in [0.2, 0.25) is 5.91 Å². The van der Waals surface area contributed by atoms with Crippen LogP contribution in [-0.2, 0) is 9.36 Å². The molecule has 0 radical (unpaired) electrons. The lowest BCUT2D eigenvalue weighted by Crippen LogP contribution is -2.58. The van der Waals surface area contributed by atoms with Gasteiger partial charge in [-0.05, 0) is 104 Å². The van der Waals surface area contributed by atoms with E-state index in [0.717, 1.165) is 51.4 Å². The van der Waals surface area contributed by atoms with Crippen LogP contribution in [0.3, 0.4) is 0 Å². The highest BCUT2D eigenvalue weighted by Crippen LogP contribution is 2.68. The fourth-order valence-electron chi connectivity index (χ4n) is 9.16. The summed E-state index contributed by atoms with van der Waals surface area (Å²) in [6, 6.07) is 0. The highest BCUT2D eigenvalue weighted by molar-refractivity contribution is 7.51. The van der Waals surface area contributed by atoms with Gasteiger partial charge in [-0.1, -0.05) is 20.8 Å². The van der Waals surface area contributed by atoms with E-state index in [2.05, 4.69) is 26.1 Å². The Labute approximate surface area is 204 Å². The number of nitrogens with one attached hydrogen (secondary N) is 1. The number of aliphatic hydroxyl groups is 2. The van der Waals surface area contributed by atoms with Crippen LogP contribution < -0.4 is 5.32 Å². The quantitative estimate of drug-likeness (QED) is 0.340. The lowest BCUT2D eigenvalue weighted by atomic mass is 9.43. The molecule has 4 aliphatic rings. The first kappa shape index (κ1) is 26.6. The summed E-state index contributed by atoms with van der Waals surface area (Å²) in [5.74, 6) is 2.64. The average molecular weight is 500 g/mol. The van der Waals surface area contributed by atoms with Crippen molar-refractivity contribution < 1.29 is 29.4 Å². The summed E-state index contributed by atoms with van der Waals surface area (Å²) in [5.41, 5.74) is 0.426. The smallest absolute Gasteiger partial charge is 0.327 e. The minimum absolute atomic E-state index is 0.0124. The predicted molar refractivity (Wildman–Crippen MR) is 131 cm³/mol. The van der Waals surface area contributed by atoms with Gasteiger partial charge < -0.3 is 25.3 Å². The van der Waals surface area contributed by atoms with E-state index in [0.29, 0.717) is 41.9 Å². The molecule has 0 spiro atoms. The maximum atomic E-state index is 12.2. The van der Waals surface area contributed by atoms with Crippen molar-refractivity contribution in [3.05, 3.63) is 0 Å². The molecule has 196 valence electrons. The largest absolute Gasteiger partial charge is 0.393 e. The summed E-state index contributed by atoms with van der Waals surface area (Å²) in [7, 11) is -4.08. The maximum Gasteiger partial charge on any atom is 0.327 e. The van der Waals surface area contributed by atoms with Crippen molar-refractivity contribution in [1.29, 1.82) is 0 Å². The monoisotopic (exact) mass is 499 g/mol. The zero-order valence-electron chi connectivity index (χ0n) is 21.2. The van der Waals surface area contributed by atoms with E-state index in [1.807, 2.05) is 0 Å². The van der Waals surface area contributed by atoms with Crippen LogP contribution in [0.25, 0.3) is 0 Å². The normalized spacial score (nSPS) is 45.1. The van der Waals surface area contributed by atoms with Crippen molar-refractivity contribution in [2.24, 2.45) is 46.3 Å².